The molecule has 5 heteroatoms. The maximum Gasteiger partial charge on any atom is 0.247 e. The fourth-order valence-corrected chi connectivity index (χ4v) is 3.29. The third-order valence-electron chi connectivity index (χ3n) is 4.96. The van der Waals surface area contributed by atoms with Crippen LogP contribution in [0.2, 0.25) is 0 Å². The summed E-state index contributed by atoms with van der Waals surface area (Å²) in [5, 5.41) is 9.11. The summed E-state index contributed by atoms with van der Waals surface area (Å²) in [6.07, 6.45) is 0.631. The highest BCUT2D eigenvalue weighted by atomic mass is 16.2. The predicted molar refractivity (Wildman–Crippen MR) is 107 cm³/mol. The molecule has 0 unspecified atom stereocenters. The van der Waals surface area contributed by atoms with E-state index in [1.807, 2.05) is 57.2 Å². The number of aryl methyl sites for hydroxylation is 1. The van der Waals surface area contributed by atoms with Crippen LogP contribution in [0.4, 0.5) is 5.69 Å². The number of carbonyl (C=O) groups is 2. The number of fused-ring (bicyclic) bond motifs is 1. The zero-order valence-corrected chi connectivity index (χ0v) is 16.1. The molecule has 0 fully saturated rings. The normalized spacial score (nSPS) is 17.1. The average Bonchev–Trinajstić information content (AvgIpc) is 2.67. The van der Waals surface area contributed by atoms with E-state index in [9.17, 15) is 9.59 Å². The van der Waals surface area contributed by atoms with E-state index < -0.39 is 6.04 Å². The summed E-state index contributed by atoms with van der Waals surface area (Å²) >= 11 is 0. The zero-order valence-electron chi connectivity index (χ0n) is 16.1. The van der Waals surface area contributed by atoms with E-state index in [1.54, 1.807) is 0 Å². The fourth-order valence-electron chi connectivity index (χ4n) is 3.29. The average molecular weight is 365 g/mol. The maximum absolute atomic E-state index is 12.8. The van der Waals surface area contributed by atoms with Crippen LogP contribution in [0, 0.1) is 12.8 Å². The molecule has 5 nitrogen and oxygen atoms in total. The van der Waals surface area contributed by atoms with Gasteiger partial charge in [-0.2, -0.15) is 0 Å². The molecular weight excluding hydrogens is 338 g/mol. The van der Waals surface area contributed by atoms with Crippen LogP contribution in [0.15, 0.2) is 48.5 Å². The second-order valence-corrected chi connectivity index (χ2v) is 7.49. The van der Waals surface area contributed by atoms with Crippen molar-refractivity contribution in [2.45, 2.75) is 45.8 Å². The number of hydrogen-bond donors (Lipinski definition) is 3. The summed E-state index contributed by atoms with van der Waals surface area (Å²) in [5.41, 5.74) is 4.27. The van der Waals surface area contributed by atoms with Crippen molar-refractivity contribution in [1.82, 2.24) is 10.6 Å². The predicted octanol–water partition coefficient (Wildman–Crippen LogP) is 2.79. The number of benzene rings is 2. The summed E-state index contributed by atoms with van der Waals surface area (Å²) in [6, 6.07) is 14.8. The molecule has 3 N–H and O–H groups in total. The van der Waals surface area contributed by atoms with E-state index in [-0.39, 0.29) is 23.8 Å². The Labute approximate surface area is 160 Å². The van der Waals surface area contributed by atoms with Crippen molar-refractivity contribution >= 4 is 17.5 Å². The smallest absolute Gasteiger partial charge is 0.247 e. The Morgan fingerprint density at radius 2 is 1.70 bits per heavy atom. The van der Waals surface area contributed by atoms with Crippen molar-refractivity contribution in [3.8, 4) is 0 Å². The van der Waals surface area contributed by atoms with Crippen molar-refractivity contribution in [3.63, 3.8) is 0 Å². The van der Waals surface area contributed by atoms with Gasteiger partial charge in [0, 0.05) is 12.2 Å². The Morgan fingerprint density at radius 3 is 2.37 bits per heavy atom. The first kappa shape index (κ1) is 19.1. The van der Waals surface area contributed by atoms with Gasteiger partial charge in [-0.05, 0) is 42.5 Å². The number of carbonyl (C=O) groups excluding carboxylic acids is 2. The minimum Gasteiger partial charge on any atom is -0.343 e. The van der Waals surface area contributed by atoms with E-state index in [2.05, 4.69) is 28.1 Å². The number of nitrogens with one attached hydrogen (secondary N) is 3. The lowest BCUT2D eigenvalue weighted by molar-refractivity contribution is -0.128. The van der Waals surface area contributed by atoms with Crippen LogP contribution < -0.4 is 16.0 Å². The molecule has 0 aliphatic carbocycles. The molecule has 27 heavy (non-hydrogen) atoms. The molecule has 3 rings (SSSR count). The van der Waals surface area contributed by atoms with Gasteiger partial charge in [0.05, 0.1) is 6.04 Å². The van der Waals surface area contributed by atoms with Gasteiger partial charge in [-0.25, -0.2) is 0 Å². The van der Waals surface area contributed by atoms with Crippen LogP contribution in [0.25, 0.3) is 0 Å². The second-order valence-electron chi connectivity index (χ2n) is 7.49. The van der Waals surface area contributed by atoms with Gasteiger partial charge in [0.1, 0.15) is 6.04 Å². The SMILES string of the molecule is Cc1ccc(NC(=O)[C@H](NC(=O)[C@H]2Cc3ccccc3CN2)C(C)C)cc1. The number of anilines is 1. The van der Waals surface area contributed by atoms with Crippen LogP contribution in [0.1, 0.15) is 30.5 Å². The highest BCUT2D eigenvalue weighted by Crippen LogP contribution is 2.17. The van der Waals surface area contributed by atoms with Gasteiger partial charge in [-0.15, -0.1) is 0 Å². The molecule has 2 aromatic rings. The standard InChI is InChI=1S/C22H27N3O2/c1-14(2)20(22(27)24-18-10-8-15(3)9-11-18)25-21(26)19-12-16-6-4-5-7-17(16)13-23-19/h4-11,14,19-20,23H,12-13H2,1-3H3,(H,24,27)(H,25,26)/t19-,20-/m1/s1. The first-order valence-electron chi connectivity index (χ1n) is 9.42. The minimum absolute atomic E-state index is 0.0183. The van der Waals surface area contributed by atoms with Crippen molar-refractivity contribution < 1.29 is 9.59 Å². The van der Waals surface area contributed by atoms with Crippen molar-refractivity contribution in [2.75, 3.05) is 5.32 Å². The van der Waals surface area contributed by atoms with Crippen LogP contribution >= 0.6 is 0 Å². The summed E-state index contributed by atoms with van der Waals surface area (Å²) in [5.74, 6) is -0.351. The molecule has 0 aromatic heterocycles. The van der Waals surface area contributed by atoms with Crippen molar-refractivity contribution in [2.24, 2.45) is 5.92 Å². The summed E-state index contributed by atoms with van der Waals surface area (Å²) in [6.45, 7) is 6.53. The molecular formula is C22H27N3O2. The summed E-state index contributed by atoms with van der Waals surface area (Å²) in [4.78, 5) is 25.5. The summed E-state index contributed by atoms with van der Waals surface area (Å²) in [7, 11) is 0. The number of rotatable bonds is 5. The third-order valence-corrected chi connectivity index (χ3v) is 4.96. The molecule has 0 saturated carbocycles. The lowest BCUT2D eigenvalue weighted by Gasteiger charge is -2.28. The molecule has 1 aliphatic heterocycles. The number of hydrogen-bond acceptors (Lipinski definition) is 3. The Bertz CT molecular complexity index is 815. The Balaban J connectivity index is 1.64. The molecule has 1 heterocycles. The molecule has 0 bridgehead atoms. The van der Waals surface area contributed by atoms with E-state index in [1.165, 1.54) is 11.1 Å². The molecule has 2 amide bonds. The molecule has 0 radical (unpaired) electrons. The van der Waals surface area contributed by atoms with E-state index in [4.69, 9.17) is 0 Å². The molecule has 142 valence electrons. The third kappa shape index (κ3) is 4.74. The van der Waals surface area contributed by atoms with Crippen molar-refractivity contribution in [3.05, 3.63) is 65.2 Å². The molecule has 0 saturated heterocycles. The van der Waals surface area contributed by atoms with Crippen LogP contribution in [0.5, 0.6) is 0 Å². The quantitative estimate of drug-likeness (QED) is 0.763. The summed E-state index contributed by atoms with van der Waals surface area (Å²) < 4.78 is 0. The second kappa shape index (κ2) is 8.35. The Kier molecular flexibility index (Phi) is 5.91. The van der Waals surface area contributed by atoms with Crippen LogP contribution in [-0.4, -0.2) is 23.9 Å². The van der Waals surface area contributed by atoms with Gasteiger partial charge in [-0.1, -0.05) is 55.8 Å². The topological polar surface area (TPSA) is 70.2 Å². The first-order chi connectivity index (χ1) is 12.9. The van der Waals surface area contributed by atoms with Gasteiger partial charge < -0.3 is 16.0 Å². The maximum atomic E-state index is 12.8. The monoisotopic (exact) mass is 365 g/mol. The largest absolute Gasteiger partial charge is 0.343 e. The molecule has 2 atom stereocenters. The van der Waals surface area contributed by atoms with Gasteiger partial charge in [0.15, 0.2) is 0 Å². The van der Waals surface area contributed by atoms with E-state index in [0.717, 1.165) is 11.3 Å². The Morgan fingerprint density at radius 1 is 1.04 bits per heavy atom. The lowest BCUT2D eigenvalue weighted by atomic mass is 9.94. The van der Waals surface area contributed by atoms with E-state index >= 15 is 0 Å². The van der Waals surface area contributed by atoms with Crippen molar-refractivity contribution in [1.29, 1.82) is 0 Å². The van der Waals surface area contributed by atoms with Gasteiger partial charge in [0.25, 0.3) is 0 Å². The van der Waals surface area contributed by atoms with Gasteiger partial charge in [-0.3, -0.25) is 9.59 Å². The Hall–Kier alpha value is -2.66. The molecule has 0 spiro atoms. The molecule has 1 aliphatic rings. The van der Waals surface area contributed by atoms with Crippen LogP contribution in [-0.2, 0) is 22.6 Å². The highest BCUT2D eigenvalue weighted by molar-refractivity contribution is 5.98. The van der Waals surface area contributed by atoms with E-state index in [0.29, 0.717) is 13.0 Å². The zero-order chi connectivity index (χ0) is 19.4. The minimum atomic E-state index is -0.585. The molecule has 2 aromatic carbocycles. The highest BCUT2D eigenvalue weighted by Gasteiger charge is 2.29. The number of amides is 2. The first-order valence-corrected chi connectivity index (χ1v) is 9.42. The van der Waals surface area contributed by atoms with Gasteiger partial charge >= 0.3 is 0 Å². The van der Waals surface area contributed by atoms with Crippen LogP contribution in [0.3, 0.4) is 0 Å². The fraction of sp³-hybridized carbons (Fsp3) is 0.364. The lowest BCUT2D eigenvalue weighted by Crippen LogP contribution is -2.54. The van der Waals surface area contributed by atoms with Gasteiger partial charge in [0.2, 0.25) is 11.8 Å².